The van der Waals surface area contributed by atoms with Crippen LogP contribution in [0.25, 0.3) is 10.2 Å². The standard InChI is InChI=1S/C25H29N3O4S2/c1-14(2)32-22(30)11-18(16-9-7-15(3)8-10-16)26-21(29)13-33-12-20-27-24(31)23-17-5-4-6-19(17)34-25(23)28-20/h7-10,14,18H,4-6,11-13H2,1-3H3,(H,26,29)(H,27,28,31). The number of aromatic nitrogens is 2. The number of carbonyl (C=O) groups excluding carboxylic acids is 2. The lowest BCUT2D eigenvalue weighted by Gasteiger charge is -2.19. The third-order valence-electron chi connectivity index (χ3n) is 5.65. The minimum atomic E-state index is -0.470. The van der Waals surface area contributed by atoms with Crippen LogP contribution in [-0.2, 0) is 32.9 Å². The van der Waals surface area contributed by atoms with Crippen LogP contribution in [0.1, 0.15) is 60.1 Å². The number of rotatable bonds is 9. The molecular weight excluding hydrogens is 470 g/mol. The molecule has 1 atom stereocenters. The Bertz CT molecular complexity index is 1250. The number of hydrogen-bond donors (Lipinski definition) is 2. The summed E-state index contributed by atoms with van der Waals surface area (Å²) in [5, 5.41) is 3.69. The molecule has 180 valence electrons. The maximum atomic E-state index is 12.7. The second-order valence-electron chi connectivity index (χ2n) is 8.82. The molecule has 0 spiro atoms. The van der Waals surface area contributed by atoms with Gasteiger partial charge in [0.1, 0.15) is 10.7 Å². The number of esters is 1. The summed E-state index contributed by atoms with van der Waals surface area (Å²) in [7, 11) is 0. The van der Waals surface area contributed by atoms with Crippen LogP contribution in [0.3, 0.4) is 0 Å². The molecule has 9 heteroatoms. The molecule has 0 aliphatic heterocycles. The van der Waals surface area contributed by atoms with Gasteiger partial charge in [-0.3, -0.25) is 14.4 Å². The monoisotopic (exact) mass is 499 g/mol. The van der Waals surface area contributed by atoms with Crippen molar-refractivity contribution in [2.45, 2.75) is 64.4 Å². The molecular formula is C25H29N3O4S2. The molecule has 34 heavy (non-hydrogen) atoms. The molecule has 3 aromatic rings. The Hall–Kier alpha value is -2.65. The number of fused-ring (bicyclic) bond motifs is 3. The molecule has 0 fully saturated rings. The Balaban J connectivity index is 1.37. The molecule has 4 rings (SSSR count). The molecule has 1 aliphatic rings. The van der Waals surface area contributed by atoms with Crippen LogP contribution in [0.2, 0.25) is 0 Å². The van der Waals surface area contributed by atoms with Crippen molar-refractivity contribution in [1.82, 2.24) is 15.3 Å². The van der Waals surface area contributed by atoms with Gasteiger partial charge in [-0.05, 0) is 51.2 Å². The summed E-state index contributed by atoms with van der Waals surface area (Å²) in [6, 6.07) is 7.27. The summed E-state index contributed by atoms with van der Waals surface area (Å²) in [5.41, 5.74) is 3.02. The van der Waals surface area contributed by atoms with Gasteiger partial charge in [0.05, 0.1) is 35.5 Å². The fourth-order valence-electron chi connectivity index (χ4n) is 4.12. The van der Waals surface area contributed by atoms with Crippen molar-refractivity contribution < 1.29 is 14.3 Å². The molecule has 0 saturated heterocycles. The molecule has 0 radical (unpaired) electrons. The molecule has 1 amide bonds. The van der Waals surface area contributed by atoms with Gasteiger partial charge in [0.15, 0.2) is 0 Å². The van der Waals surface area contributed by atoms with E-state index in [9.17, 15) is 14.4 Å². The summed E-state index contributed by atoms with van der Waals surface area (Å²) in [5.74, 6) is 0.638. The first kappa shape index (κ1) is 24.5. The number of benzene rings is 1. The second-order valence-corrected chi connectivity index (χ2v) is 10.9. The third-order valence-corrected chi connectivity index (χ3v) is 7.78. The first-order chi connectivity index (χ1) is 16.3. The van der Waals surface area contributed by atoms with Crippen molar-refractivity contribution in [1.29, 1.82) is 0 Å². The SMILES string of the molecule is Cc1ccc(C(CC(=O)OC(C)C)NC(=O)CSCc2nc3sc4c(c3c(=O)[nH]2)CCC4)cc1. The average molecular weight is 500 g/mol. The lowest BCUT2D eigenvalue weighted by molar-refractivity contribution is -0.148. The number of thioether (sulfide) groups is 1. The van der Waals surface area contributed by atoms with E-state index in [-0.39, 0.29) is 35.7 Å². The van der Waals surface area contributed by atoms with E-state index in [0.717, 1.165) is 46.2 Å². The van der Waals surface area contributed by atoms with Crippen LogP contribution in [0, 0.1) is 6.92 Å². The zero-order chi connectivity index (χ0) is 24.2. The maximum absolute atomic E-state index is 12.7. The van der Waals surface area contributed by atoms with Gasteiger partial charge in [-0.25, -0.2) is 4.98 Å². The van der Waals surface area contributed by atoms with Crippen molar-refractivity contribution in [2.75, 3.05) is 5.75 Å². The highest BCUT2D eigenvalue weighted by atomic mass is 32.2. The zero-order valence-corrected chi connectivity index (χ0v) is 21.2. The number of H-pyrrole nitrogens is 1. The quantitative estimate of drug-likeness (QED) is 0.428. The van der Waals surface area contributed by atoms with Gasteiger partial charge in [-0.15, -0.1) is 23.1 Å². The van der Waals surface area contributed by atoms with E-state index < -0.39 is 6.04 Å². The first-order valence-corrected chi connectivity index (χ1v) is 13.4. The largest absolute Gasteiger partial charge is 0.463 e. The number of ether oxygens (including phenoxy) is 1. The number of nitrogens with one attached hydrogen (secondary N) is 2. The van der Waals surface area contributed by atoms with E-state index in [1.165, 1.54) is 16.6 Å². The molecule has 1 unspecified atom stereocenters. The van der Waals surface area contributed by atoms with Gasteiger partial charge in [0, 0.05) is 4.88 Å². The van der Waals surface area contributed by atoms with E-state index in [1.807, 2.05) is 31.2 Å². The fraction of sp³-hybridized carbons (Fsp3) is 0.440. The summed E-state index contributed by atoms with van der Waals surface area (Å²) >= 11 is 2.98. The number of hydrogen-bond acceptors (Lipinski definition) is 7. The average Bonchev–Trinajstić information content (AvgIpc) is 3.34. The van der Waals surface area contributed by atoms with Crippen LogP contribution in [0.4, 0.5) is 0 Å². The topological polar surface area (TPSA) is 101 Å². The Morgan fingerprint density at radius 3 is 2.74 bits per heavy atom. The highest BCUT2D eigenvalue weighted by Crippen LogP contribution is 2.34. The molecule has 2 aromatic heterocycles. The van der Waals surface area contributed by atoms with Crippen molar-refractivity contribution >= 4 is 45.2 Å². The maximum Gasteiger partial charge on any atom is 0.308 e. The Morgan fingerprint density at radius 2 is 2.00 bits per heavy atom. The summed E-state index contributed by atoms with van der Waals surface area (Å²) < 4.78 is 5.28. The lowest BCUT2D eigenvalue weighted by atomic mass is 10.0. The lowest BCUT2D eigenvalue weighted by Crippen LogP contribution is -2.32. The van der Waals surface area contributed by atoms with E-state index >= 15 is 0 Å². The Kier molecular flexibility index (Phi) is 7.73. The molecule has 0 bridgehead atoms. The van der Waals surface area contributed by atoms with Crippen molar-refractivity contribution in [2.24, 2.45) is 0 Å². The van der Waals surface area contributed by atoms with Crippen LogP contribution >= 0.6 is 23.1 Å². The van der Waals surface area contributed by atoms with Gasteiger partial charge in [0.25, 0.3) is 5.56 Å². The Morgan fingerprint density at radius 1 is 1.24 bits per heavy atom. The van der Waals surface area contributed by atoms with E-state index in [2.05, 4.69) is 15.3 Å². The van der Waals surface area contributed by atoms with Gasteiger partial charge in [-0.1, -0.05) is 29.8 Å². The predicted octanol–water partition coefficient (Wildman–Crippen LogP) is 4.21. The van der Waals surface area contributed by atoms with Gasteiger partial charge >= 0.3 is 5.97 Å². The molecule has 2 heterocycles. The number of carbonyl (C=O) groups is 2. The number of amides is 1. The fourth-order valence-corrected chi connectivity index (χ4v) is 6.10. The molecule has 7 nitrogen and oxygen atoms in total. The summed E-state index contributed by atoms with van der Waals surface area (Å²) in [6.07, 6.45) is 2.91. The zero-order valence-electron chi connectivity index (χ0n) is 19.6. The first-order valence-electron chi connectivity index (χ1n) is 11.5. The minimum Gasteiger partial charge on any atom is -0.463 e. The van der Waals surface area contributed by atoms with Crippen LogP contribution in [0.15, 0.2) is 29.1 Å². The summed E-state index contributed by atoms with van der Waals surface area (Å²) in [4.78, 5) is 47.1. The smallest absolute Gasteiger partial charge is 0.308 e. The third kappa shape index (κ3) is 5.88. The van der Waals surface area contributed by atoms with Crippen LogP contribution < -0.4 is 10.9 Å². The van der Waals surface area contributed by atoms with E-state index in [4.69, 9.17) is 4.74 Å². The van der Waals surface area contributed by atoms with Gasteiger partial charge < -0.3 is 15.0 Å². The molecule has 1 aromatic carbocycles. The van der Waals surface area contributed by atoms with Gasteiger partial charge in [0.2, 0.25) is 5.91 Å². The second kappa shape index (κ2) is 10.7. The summed E-state index contributed by atoms with van der Waals surface area (Å²) in [6.45, 7) is 5.59. The highest BCUT2D eigenvalue weighted by Gasteiger charge is 2.22. The minimum absolute atomic E-state index is 0.0617. The van der Waals surface area contributed by atoms with E-state index in [0.29, 0.717) is 11.6 Å². The number of aromatic amines is 1. The molecule has 1 aliphatic carbocycles. The van der Waals surface area contributed by atoms with Gasteiger partial charge in [-0.2, -0.15) is 0 Å². The van der Waals surface area contributed by atoms with Crippen LogP contribution in [-0.4, -0.2) is 33.7 Å². The van der Waals surface area contributed by atoms with E-state index in [1.54, 1.807) is 25.2 Å². The van der Waals surface area contributed by atoms with Crippen molar-refractivity contribution in [3.8, 4) is 0 Å². The molecule has 0 saturated carbocycles. The molecule has 2 N–H and O–H groups in total. The van der Waals surface area contributed by atoms with Crippen molar-refractivity contribution in [3.63, 3.8) is 0 Å². The number of aryl methyl sites for hydroxylation is 3. The predicted molar refractivity (Wildman–Crippen MR) is 136 cm³/mol. The Labute approximate surface area is 206 Å². The van der Waals surface area contributed by atoms with Crippen LogP contribution in [0.5, 0.6) is 0 Å². The van der Waals surface area contributed by atoms with Crippen molar-refractivity contribution in [3.05, 3.63) is 62.0 Å². The normalized spacial score (nSPS) is 13.8. The highest BCUT2D eigenvalue weighted by molar-refractivity contribution is 7.99. The number of nitrogens with zero attached hydrogens (tertiary/aromatic N) is 1. The number of thiophene rings is 1.